The van der Waals surface area contributed by atoms with E-state index in [0.717, 1.165) is 0 Å². The van der Waals surface area contributed by atoms with E-state index in [4.69, 9.17) is 0 Å². The number of carbonyl (C=O) groups excluding carboxylic acids is 1. The topological polar surface area (TPSA) is 92.3 Å². The fraction of sp³-hybridized carbons (Fsp3) is 0.438. The van der Waals surface area contributed by atoms with Crippen LogP contribution in [0.5, 0.6) is 0 Å². The molecule has 7 nitrogen and oxygen atoms in total. The van der Waals surface area contributed by atoms with E-state index < -0.39 is 10.0 Å². The molecule has 0 aliphatic heterocycles. The van der Waals surface area contributed by atoms with Gasteiger partial charge in [-0.3, -0.25) is 4.79 Å². The molecule has 0 saturated carbocycles. The molecule has 1 unspecified atom stereocenters. The van der Waals surface area contributed by atoms with Crippen LogP contribution in [-0.4, -0.2) is 47.2 Å². The van der Waals surface area contributed by atoms with E-state index >= 15 is 0 Å². The van der Waals surface area contributed by atoms with Gasteiger partial charge in [-0.25, -0.2) is 8.42 Å². The summed E-state index contributed by atoms with van der Waals surface area (Å²) in [5.74, 6) is -0.222. The Labute approximate surface area is 162 Å². The summed E-state index contributed by atoms with van der Waals surface area (Å²) in [5, 5.41) is 10.1. The van der Waals surface area contributed by atoms with Gasteiger partial charge in [0.1, 0.15) is 5.51 Å². The van der Waals surface area contributed by atoms with Gasteiger partial charge in [-0.1, -0.05) is 43.0 Å². The van der Waals surface area contributed by atoms with Gasteiger partial charge >= 0.3 is 0 Å². The van der Waals surface area contributed by atoms with Crippen molar-refractivity contribution < 1.29 is 13.2 Å². The van der Waals surface area contributed by atoms with Crippen molar-refractivity contribution in [2.75, 3.05) is 18.4 Å². The highest BCUT2D eigenvalue weighted by atomic mass is 32.2. The van der Waals surface area contributed by atoms with Crippen LogP contribution in [0.3, 0.4) is 0 Å². The summed E-state index contributed by atoms with van der Waals surface area (Å²) in [7, 11) is -3.59. The van der Waals surface area contributed by atoms with Crippen molar-refractivity contribution in [3.8, 4) is 0 Å². The number of benzene rings is 1. The highest BCUT2D eigenvalue weighted by molar-refractivity contribution is 8.02. The zero-order valence-corrected chi connectivity index (χ0v) is 17.5. The highest BCUT2D eigenvalue weighted by Gasteiger charge is 2.24. The van der Waals surface area contributed by atoms with E-state index in [1.807, 2.05) is 0 Å². The number of aryl methyl sites for hydroxylation is 1. The predicted molar refractivity (Wildman–Crippen MR) is 105 cm³/mol. The summed E-state index contributed by atoms with van der Waals surface area (Å²) in [6.45, 7) is 7.90. The monoisotopic (exact) mass is 414 g/mol. The molecule has 1 N–H and O–H groups in total. The fourth-order valence-corrected chi connectivity index (χ4v) is 5.66. The van der Waals surface area contributed by atoms with Crippen molar-refractivity contribution in [1.82, 2.24) is 14.5 Å². The Morgan fingerprint density at radius 3 is 2.62 bits per heavy atom. The standard InChI is InChI=1S/C16H22N4O3S3/c1-5-20(6-2)26(22,23)14-9-13(8-7-11(14)3)18-15(21)12(4)25-16-19-17-10-24-16/h7-10,12H,5-6H2,1-4H3,(H,18,21). The lowest BCUT2D eigenvalue weighted by molar-refractivity contribution is -0.115. The number of rotatable bonds is 8. The van der Waals surface area contributed by atoms with Crippen molar-refractivity contribution in [3.05, 3.63) is 29.3 Å². The number of hydrogen-bond donors (Lipinski definition) is 1. The Morgan fingerprint density at radius 1 is 1.35 bits per heavy atom. The molecule has 142 valence electrons. The lowest BCUT2D eigenvalue weighted by Crippen LogP contribution is -2.31. The molecule has 2 aromatic rings. The fourth-order valence-electron chi connectivity index (χ4n) is 2.32. The van der Waals surface area contributed by atoms with Crippen LogP contribution in [-0.2, 0) is 14.8 Å². The molecular weight excluding hydrogens is 392 g/mol. The van der Waals surface area contributed by atoms with Crippen molar-refractivity contribution in [3.63, 3.8) is 0 Å². The van der Waals surface area contributed by atoms with Crippen molar-refractivity contribution in [2.45, 2.75) is 42.2 Å². The molecule has 0 saturated heterocycles. The molecule has 0 bridgehead atoms. The van der Waals surface area contributed by atoms with E-state index in [2.05, 4.69) is 15.5 Å². The molecule has 0 aliphatic carbocycles. The Hall–Kier alpha value is -1.49. The minimum absolute atomic E-state index is 0.212. The quantitative estimate of drug-likeness (QED) is 0.668. The van der Waals surface area contributed by atoms with E-state index in [1.165, 1.54) is 33.5 Å². The third-order valence-corrected chi connectivity index (χ3v) is 7.87. The summed E-state index contributed by atoms with van der Waals surface area (Å²) in [6, 6.07) is 4.93. The first-order valence-corrected chi connectivity index (χ1v) is 11.3. The van der Waals surface area contributed by atoms with Crippen LogP contribution >= 0.6 is 23.1 Å². The molecule has 1 heterocycles. The van der Waals surface area contributed by atoms with Gasteiger partial charge in [0, 0.05) is 18.8 Å². The average Bonchev–Trinajstić information content (AvgIpc) is 3.10. The van der Waals surface area contributed by atoms with Gasteiger partial charge in [0.25, 0.3) is 0 Å². The molecule has 0 spiro atoms. The number of nitrogens with zero attached hydrogens (tertiary/aromatic N) is 3. The third kappa shape index (κ3) is 4.81. The summed E-state index contributed by atoms with van der Waals surface area (Å²) in [6.07, 6.45) is 0. The van der Waals surface area contributed by atoms with Gasteiger partial charge in [0.2, 0.25) is 15.9 Å². The number of nitrogens with one attached hydrogen (secondary N) is 1. The van der Waals surface area contributed by atoms with Crippen LogP contribution in [0.25, 0.3) is 0 Å². The Bertz CT molecular complexity index is 850. The van der Waals surface area contributed by atoms with E-state index in [1.54, 1.807) is 45.3 Å². The smallest absolute Gasteiger partial charge is 0.243 e. The minimum atomic E-state index is -3.59. The van der Waals surface area contributed by atoms with E-state index in [9.17, 15) is 13.2 Å². The van der Waals surface area contributed by atoms with Crippen LogP contribution in [0.4, 0.5) is 5.69 Å². The molecule has 26 heavy (non-hydrogen) atoms. The normalized spacial score (nSPS) is 13.0. The third-order valence-electron chi connectivity index (χ3n) is 3.77. The Morgan fingerprint density at radius 2 is 2.04 bits per heavy atom. The Balaban J connectivity index is 2.20. The SMILES string of the molecule is CCN(CC)S(=O)(=O)c1cc(NC(=O)C(C)Sc2nncs2)ccc1C. The number of amides is 1. The lowest BCUT2D eigenvalue weighted by Gasteiger charge is -2.20. The molecular formula is C16H22N4O3S3. The first kappa shape index (κ1) is 20.8. The van der Waals surface area contributed by atoms with Gasteiger partial charge in [0.05, 0.1) is 10.1 Å². The van der Waals surface area contributed by atoms with Crippen molar-refractivity contribution >= 4 is 44.7 Å². The van der Waals surface area contributed by atoms with Crippen LogP contribution in [0.2, 0.25) is 0 Å². The van der Waals surface area contributed by atoms with Crippen molar-refractivity contribution in [1.29, 1.82) is 0 Å². The van der Waals surface area contributed by atoms with E-state index in [-0.39, 0.29) is 16.1 Å². The molecule has 1 aromatic carbocycles. The molecule has 0 aliphatic rings. The number of hydrogen-bond acceptors (Lipinski definition) is 7. The summed E-state index contributed by atoms with van der Waals surface area (Å²) in [4.78, 5) is 12.6. The second kappa shape index (κ2) is 8.94. The first-order chi connectivity index (χ1) is 12.3. The molecule has 1 amide bonds. The maximum absolute atomic E-state index is 12.8. The predicted octanol–water partition coefficient (Wildman–Crippen LogP) is 3.00. The van der Waals surface area contributed by atoms with Crippen LogP contribution in [0.1, 0.15) is 26.3 Å². The van der Waals surface area contributed by atoms with Gasteiger partial charge in [-0.15, -0.1) is 10.2 Å². The number of sulfonamides is 1. The average molecular weight is 415 g/mol. The molecule has 1 aromatic heterocycles. The number of carbonyl (C=O) groups is 1. The zero-order chi connectivity index (χ0) is 19.3. The summed E-state index contributed by atoms with van der Waals surface area (Å²) < 4.78 is 27.7. The summed E-state index contributed by atoms with van der Waals surface area (Å²) in [5.41, 5.74) is 2.71. The number of thioether (sulfide) groups is 1. The molecule has 0 radical (unpaired) electrons. The maximum atomic E-state index is 12.8. The summed E-state index contributed by atoms with van der Waals surface area (Å²) >= 11 is 2.68. The molecule has 0 fully saturated rings. The van der Waals surface area contributed by atoms with Crippen LogP contribution < -0.4 is 5.32 Å². The van der Waals surface area contributed by atoms with Gasteiger partial charge in [-0.05, 0) is 31.5 Å². The molecule has 2 rings (SSSR count). The van der Waals surface area contributed by atoms with Crippen molar-refractivity contribution in [2.24, 2.45) is 0 Å². The molecule has 10 heteroatoms. The Kier molecular flexibility index (Phi) is 7.16. The second-order valence-electron chi connectivity index (χ2n) is 5.52. The van der Waals surface area contributed by atoms with Crippen LogP contribution in [0.15, 0.2) is 32.9 Å². The van der Waals surface area contributed by atoms with E-state index in [0.29, 0.717) is 28.7 Å². The lowest BCUT2D eigenvalue weighted by atomic mass is 10.2. The largest absolute Gasteiger partial charge is 0.325 e. The minimum Gasteiger partial charge on any atom is -0.325 e. The second-order valence-corrected chi connectivity index (χ2v) is 9.85. The highest BCUT2D eigenvalue weighted by Crippen LogP contribution is 2.27. The number of anilines is 1. The van der Waals surface area contributed by atoms with Gasteiger partial charge < -0.3 is 5.32 Å². The van der Waals surface area contributed by atoms with Gasteiger partial charge in [0.15, 0.2) is 4.34 Å². The number of aromatic nitrogens is 2. The molecule has 1 atom stereocenters. The van der Waals surface area contributed by atoms with Gasteiger partial charge in [-0.2, -0.15) is 4.31 Å². The first-order valence-electron chi connectivity index (χ1n) is 8.14. The maximum Gasteiger partial charge on any atom is 0.243 e. The van der Waals surface area contributed by atoms with Crippen LogP contribution in [0, 0.1) is 6.92 Å². The zero-order valence-electron chi connectivity index (χ0n) is 15.1.